The summed E-state index contributed by atoms with van der Waals surface area (Å²) in [5.74, 6) is 2.01. The summed E-state index contributed by atoms with van der Waals surface area (Å²) in [5, 5.41) is 4.02. The van der Waals surface area contributed by atoms with E-state index in [2.05, 4.69) is 15.0 Å². The monoisotopic (exact) mass is 383 g/mol. The molecule has 7 nitrogen and oxygen atoms in total. The highest BCUT2D eigenvalue weighted by Crippen LogP contribution is 2.33. The van der Waals surface area contributed by atoms with Crippen molar-refractivity contribution in [1.29, 1.82) is 0 Å². The molecule has 0 spiro atoms. The first-order valence-electron chi connectivity index (χ1n) is 10.4. The molecule has 150 valence electrons. The average Bonchev–Trinajstić information content (AvgIpc) is 3.15. The number of hydrogen-bond donors (Lipinski definition) is 0. The molecule has 0 radical (unpaired) electrons. The lowest BCUT2D eigenvalue weighted by Crippen LogP contribution is -2.45. The molecule has 2 aliphatic rings. The quantitative estimate of drug-likeness (QED) is 0.808. The molecule has 1 amide bonds. The maximum absolute atomic E-state index is 12.7. The fraction of sp³-hybridized carbons (Fsp3) is 0.619. The van der Waals surface area contributed by atoms with E-state index in [-0.39, 0.29) is 11.8 Å². The number of likely N-dealkylation sites (tertiary alicyclic amines) is 2. The van der Waals surface area contributed by atoms with Crippen LogP contribution in [0.3, 0.4) is 0 Å². The van der Waals surface area contributed by atoms with Crippen LogP contribution in [0.5, 0.6) is 0 Å². The summed E-state index contributed by atoms with van der Waals surface area (Å²) < 4.78 is 5.49. The Morgan fingerprint density at radius 1 is 1.18 bits per heavy atom. The Bertz CT molecular complexity index is 828. The molecule has 28 heavy (non-hydrogen) atoms. The van der Waals surface area contributed by atoms with Gasteiger partial charge < -0.3 is 9.42 Å². The van der Waals surface area contributed by atoms with Crippen LogP contribution in [0.1, 0.15) is 55.2 Å². The standard InChI is InChI=1S/C21H29N5O2/c1-15-11-19(28-24-15)18-12-22-16(2)23-21(18)17-7-6-8-25(13-17)14-20(27)26-9-4-3-5-10-26/h11-12,17H,3-10,13-14H2,1-2H3/t17-/m0/s1. The third-order valence-electron chi connectivity index (χ3n) is 5.79. The molecule has 0 aliphatic carbocycles. The molecular weight excluding hydrogens is 354 g/mol. The van der Waals surface area contributed by atoms with E-state index >= 15 is 0 Å². The topological polar surface area (TPSA) is 75.4 Å². The summed E-state index contributed by atoms with van der Waals surface area (Å²) >= 11 is 0. The first-order chi connectivity index (χ1) is 13.6. The van der Waals surface area contributed by atoms with Gasteiger partial charge in [-0.3, -0.25) is 9.69 Å². The van der Waals surface area contributed by atoms with Crippen molar-refractivity contribution in [2.45, 2.75) is 51.9 Å². The number of nitrogens with zero attached hydrogens (tertiary/aromatic N) is 5. The second kappa shape index (κ2) is 8.39. The van der Waals surface area contributed by atoms with Gasteiger partial charge in [-0.2, -0.15) is 0 Å². The molecule has 0 saturated carbocycles. The van der Waals surface area contributed by atoms with Gasteiger partial charge in [0.05, 0.1) is 23.5 Å². The summed E-state index contributed by atoms with van der Waals surface area (Å²) in [6.07, 6.45) is 7.48. The van der Waals surface area contributed by atoms with Crippen molar-refractivity contribution in [1.82, 2.24) is 24.9 Å². The van der Waals surface area contributed by atoms with Crippen LogP contribution in [-0.4, -0.2) is 63.6 Å². The first-order valence-corrected chi connectivity index (χ1v) is 10.4. The normalized spacial score (nSPS) is 21.1. The van der Waals surface area contributed by atoms with E-state index < -0.39 is 0 Å². The largest absolute Gasteiger partial charge is 0.356 e. The van der Waals surface area contributed by atoms with Crippen molar-refractivity contribution in [2.75, 3.05) is 32.7 Å². The van der Waals surface area contributed by atoms with Gasteiger partial charge in [-0.25, -0.2) is 9.97 Å². The van der Waals surface area contributed by atoms with Crippen molar-refractivity contribution in [3.05, 3.63) is 29.5 Å². The van der Waals surface area contributed by atoms with Crippen LogP contribution in [-0.2, 0) is 4.79 Å². The Kier molecular flexibility index (Phi) is 5.71. The van der Waals surface area contributed by atoms with Crippen LogP contribution in [0.2, 0.25) is 0 Å². The maximum Gasteiger partial charge on any atom is 0.236 e. The molecular formula is C21H29N5O2. The van der Waals surface area contributed by atoms with E-state index in [9.17, 15) is 4.79 Å². The van der Waals surface area contributed by atoms with Crippen LogP contribution >= 0.6 is 0 Å². The van der Waals surface area contributed by atoms with Gasteiger partial charge in [-0.05, 0) is 52.5 Å². The Morgan fingerprint density at radius 2 is 2.00 bits per heavy atom. The van der Waals surface area contributed by atoms with E-state index in [0.29, 0.717) is 12.3 Å². The lowest BCUT2D eigenvalue weighted by Gasteiger charge is -2.35. The number of carbonyl (C=O) groups excluding carboxylic acids is 1. The minimum atomic E-state index is 0.269. The maximum atomic E-state index is 12.7. The zero-order chi connectivity index (χ0) is 19.5. The molecule has 4 heterocycles. The van der Waals surface area contributed by atoms with Crippen molar-refractivity contribution < 1.29 is 9.32 Å². The molecule has 7 heteroatoms. The van der Waals surface area contributed by atoms with Gasteiger partial charge in [0.2, 0.25) is 5.91 Å². The molecule has 0 unspecified atom stereocenters. The van der Waals surface area contributed by atoms with E-state index in [0.717, 1.165) is 74.6 Å². The smallest absolute Gasteiger partial charge is 0.236 e. The number of rotatable bonds is 4. The van der Waals surface area contributed by atoms with E-state index in [1.165, 1.54) is 6.42 Å². The Hall–Kier alpha value is -2.28. The number of carbonyl (C=O) groups is 1. The van der Waals surface area contributed by atoms with Gasteiger partial charge in [0.1, 0.15) is 5.82 Å². The fourth-order valence-corrected chi connectivity index (χ4v) is 4.34. The summed E-state index contributed by atoms with van der Waals surface area (Å²) in [7, 11) is 0. The van der Waals surface area contributed by atoms with Crippen LogP contribution < -0.4 is 0 Å². The predicted octanol–water partition coefficient (Wildman–Crippen LogP) is 2.94. The van der Waals surface area contributed by atoms with Crippen LogP contribution in [0.4, 0.5) is 0 Å². The number of aromatic nitrogens is 3. The first kappa shape index (κ1) is 19.1. The lowest BCUT2D eigenvalue weighted by molar-refractivity contribution is -0.133. The van der Waals surface area contributed by atoms with Crippen molar-refractivity contribution in [3.63, 3.8) is 0 Å². The molecule has 0 N–H and O–H groups in total. The molecule has 0 bridgehead atoms. The predicted molar refractivity (Wildman–Crippen MR) is 106 cm³/mol. The van der Waals surface area contributed by atoms with Gasteiger partial charge in [-0.15, -0.1) is 0 Å². The highest BCUT2D eigenvalue weighted by atomic mass is 16.5. The SMILES string of the molecule is Cc1cc(-c2cnc(C)nc2[C@H]2CCCN(CC(=O)N3CCCCC3)C2)on1. The summed E-state index contributed by atoms with van der Waals surface area (Å²) in [4.78, 5) is 26.2. The molecule has 2 aromatic rings. The van der Waals surface area contributed by atoms with Gasteiger partial charge in [-0.1, -0.05) is 5.16 Å². The second-order valence-electron chi connectivity index (χ2n) is 8.06. The Labute approximate surface area is 166 Å². The molecule has 2 aliphatic heterocycles. The molecule has 2 aromatic heterocycles. The van der Waals surface area contributed by atoms with Crippen molar-refractivity contribution >= 4 is 5.91 Å². The van der Waals surface area contributed by atoms with Gasteiger partial charge in [0, 0.05) is 37.8 Å². The number of hydrogen-bond acceptors (Lipinski definition) is 6. The van der Waals surface area contributed by atoms with Crippen LogP contribution in [0.25, 0.3) is 11.3 Å². The summed E-state index contributed by atoms with van der Waals surface area (Å²) in [6.45, 7) is 7.98. The highest BCUT2D eigenvalue weighted by Gasteiger charge is 2.28. The van der Waals surface area contributed by atoms with E-state index in [4.69, 9.17) is 9.51 Å². The lowest BCUT2D eigenvalue weighted by atomic mass is 9.91. The number of amides is 1. The Morgan fingerprint density at radius 3 is 2.75 bits per heavy atom. The third-order valence-corrected chi connectivity index (χ3v) is 5.79. The van der Waals surface area contributed by atoms with Crippen molar-refractivity contribution in [2.24, 2.45) is 0 Å². The summed E-state index contributed by atoms with van der Waals surface area (Å²) in [5.41, 5.74) is 2.78. The van der Waals surface area contributed by atoms with Gasteiger partial charge in [0.15, 0.2) is 5.76 Å². The van der Waals surface area contributed by atoms with Crippen LogP contribution in [0, 0.1) is 13.8 Å². The average molecular weight is 383 g/mol. The zero-order valence-electron chi connectivity index (χ0n) is 16.9. The molecule has 2 fully saturated rings. The number of piperidine rings is 2. The Balaban J connectivity index is 1.50. The minimum absolute atomic E-state index is 0.269. The second-order valence-corrected chi connectivity index (χ2v) is 8.06. The third kappa shape index (κ3) is 4.24. The zero-order valence-corrected chi connectivity index (χ0v) is 16.9. The minimum Gasteiger partial charge on any atom is -0.356 e. The molecule has 4 rings (SSSR count). The van der Waals surface area contributed by atoms with Crippen molar-refractivity contribution in [3.8, 4) is 11.3 Å². The highest BCUT2D eigenvalue weighted by molar-refractivity contribution is 5.78. The van der Waals surface area contributed by atoms with E-state index in [1.54, 1.807) is 0 Å². The molecule has 1 atom stereocenters. The summed E-state index contributed by atoms with van der Waals surface area (Å²) in [6, 6.07) is 1.93. The molecule has 0 aromatic carbocycles. The molecule has 2 saturated heterocycles. The van der Waals surface area contributed by atoms with Gasteiger partial charge in [0.25, 0.3) is 0 Å². The van der Waals surface area contributed by atoms with Gasteiger partial charge >= 0.3 is 0 Å². The fourth-order valence-electron chi connectivity index (χ4n) is 4.34. The van der Waals surface area contributed by atoms with E-state index in [1.807, 2.05) is 31.0 Å². The number of aryl methyl sites for hydroxylation is 2. The van der Waals surface area contributed by atoms with Crippen LogP contribution in [0.15, 0.2) is 16.8 Å².